The highest BCUT2D eigenvalue weighted by molar-refractivity contribution is 7.15. The molecule has 0 amide bonds. The molecule has 0 bridgehead atoms. The Morgan fingerprint density at radius 2 is 2.10 bits per heavy atom. The third-order valence-electron chi connectivity index (χ3n) is 2.96. The summed E-state index contributed by atoms with van der Waals surface area (Å²) in [6.45, 7) is 6.73. The summed E-state index contributed by atoms with van der Waals surface area (Å²) in [6.07, 6.45) is 1.86. The van der Waals surface area contributed by atoms with E-state index in [1.807, 2.05) is 6.20 Å². The zero-order valence-electron chi connectivity index (χ0n) is 11.5. The molecule has 0 atom stereocenters. The van der Waals surface area contributed by atoms with Crippen molar-refractivity contribution in [3.8, 4) is 0 Å². The first-order valence-electron chi connectivity index (χ1n) is 6.52. The van der Waals surface area contributed by atoms with Gasteiger partial charge >= 0.3 is 0 Å². The summed E-state index contributed by atoms with van der Waals surface area (Å²) in [6, 6.07) is 4.71. The lowest BCUT2D eigenvalue weighted by molar-refractivity contribution is 0.628. The fraction of sp³-hybridized carbons (Fsp3) is 0.357. The van der Waals surface area contributed by atoms with Crippen LogP contribution in [0.2, 0.25) is 5.02 Å². The molecule has 0 unspecified atom stereocenters. The van der Waals surface area contributed by atoms with Crippen molar-refractivity contribution < 1.29 is 4.39 Å². The lowest BCUT2D eigenvalue weighted by atomic mass is 10.3. The Morgan fingerprint density at radius 3 is 2.75 bits per heavy atom. The van der Waals surface area contributed by atoms with Crippen LogP contribution in [0.5, 0.6) is 0 Å². The van der Waals surface area contributed by atoms with Gasteiger partial charge in [0.1, 0.15) is 5.82 Å². The number of thiazole rings is 1. The zero-order chi connectivity index (χ0) is 14.5. The first-order chi connectivity index (χ1) is 9.63. The lowest BCUT2D eigenvalue weighted by Crippen LogP contribution is -2.21. The van der Waals surface area contributed by atoms with Crippen LogP contribution in [0, 0.1) is 5.82 Å². The number of rotatable bonds is 6. The minimum Gasteiger partial charge on any atom is -0.380 e. The van der Waals surface area contributed by atoms with Gasteiger partial charge in [-0.25, -0.2) is 9.37 Å². The average Bonchev–Trinajstić information content (AvgIpc) is 2.90. The molecule has 108 valence electrons. The van der Waals surface area contributed by atoms with Gasteiger partial charge in [-0.15, -0.1) is 11.3 Å². The summed E-state index contributed by atoms with van der Waals surface area (Å²) in [5.41, 5.74) is 0.713. The average molecular weight is 314 g/mol. The molecule has 0 fully saturated rings. The zero-order valence-corrected chi connectivity index (χ0v) is 13.1. The van der Waals surface area contributed by atoms with E-state index in [1.54, 1.807) is 23.5 Å². The molecule has 2 aromatic rings. The van der Waals surface area contributed by atoms with E-state index in [4.69, 9.17) is 11.6 Å². The summed E-state index contributed by atoms with van der Waals surface area (Å²) in [7, 11) is 0. The Labute approximate surface area is 127 Å². The van der Waals surface area contributed by atoms with E-state index in [9.17, 15) is 4.39 Å². The summed E-state index contributed by atoms with van der Waals surface area (Å²) >= 11 is 7.30. The van der Waals surface area contributed by atoms with Crippen molar-refractivity contribution >= 4 is 33.8 Å². The maximum absolute atomic E-state index is 13.3. The maximum Gasteiger partial charge on any atom is 0.185 e. The van der Waals surface area contributed by atoms with E-state index in [0.29, 0.717) is 12.2 Å². The second-order valence-electron chi connectivity index (χ2n) is 4.26. The van der Waals surface area contributed by atoms with Crippen molar-refractivity contribution in [2.45, 2.75) is 20.4 Å². The molecule has 1 N–H and O–H groups in total. The molecular weight excluding hydrogens is 297 g/mol. The van der Waals surface area contributed by atoms with E-state index in [1.165, 1.54) is 6.07 Å². The van der Waals surface area contributed by atoms with Crippen LogP contribution in [0.3, 0.4) is 0 Å². The normalized spacial score (nSPS) is 10.6. The SMILES string of the molecule is CCN(CC)c1ncc(CNc2ccc(Cl)c(F)c2)s1. The van der Waals surface area contributed by atoms with Crippen molar-refractivity contribution in [2.75, 3.05) is 23.3 Å². The van der Waals surface area contributed by atoms with Crippen LogP contribution in [0.15, 0.2) is 24.4 Å². The van der Waals surface area contributed by atoms with Gasteiger partial charge in [0.2, 0.25) is 0 Å². The van der Waals surface area contributed by atoms with E-state index >= 15 is 0 Å². The molecule has 0 aliphatic carbocycles. The van der Waals surface area contributed by atoms with Gasteiger partial charge in [-0.2, -0.15) is 0 Å². The number of anilines is 2. The minimum atomic E-state index is -0.412. The molecule has 0 saturated heterocycles. The molecule has 1 heterocycles. The Morgan fingerprint density at radius 1 is 1.35 bits per heavy atom. The van der Waals surface area contributed by atoms with E-state index in [2.05, 4.69) is 29.0 Å². The fourth-order valence-corrected chi connectivity index (χ4v) is 2.91. The molecule has 0 spiro atoms. The summed E-state index contributed by atoms with van der Waals surface area (Å²) in [5, 5.41) is 4.33. The highest BCUT2D eigenvalue weighted by Gasteiger charge is 2.08. The number of nitrogens with zero attached hydrogens (tertiary/aromatic N) is 2. The summed E-state index contributed by atoms with van der Waals surface area (Å²) < 4.78 is 13.3. The summed E-state index contributed by atoms with van der Waals surface area (Å²) in [4.78, 5) is 7.73. The molecule has 1 aromatic carbocycles. The molecule has 0 radical (unpaired) electrons. The number of benzene rings is 1. The molecule has 0 aliphatic heterocycles. The number of hydrogen-bond donors (Lipinski definition) is 1. The smallest absolute Gasteiger partial charge is 0.185 e. The van der Waals surface area contributed by atoms with Crippen molar-refractivity contribution in [1.82, 2.24) is 4.98 Å². The lowest BCUT2D eigenvalue weighted by Gasteiger charge is -2.16. The second-order valence-corrected chi connectivity index (χ2v) is 5.76. The Balaban J connectivity index is 1.98. The summed E-state index contributed by atoms with van der Waals surface area (Å²) in [5.74, 6) is -0.412. The van der Waals surface area contributed by atoms with Gasteiger partial charge < -0.3 is 10.2 Å². The van der Waals surface area contributed by atoms with Crippen molar-refractivity contribution in [3.63, 3.8) is 0 Å². The first-order valence-corrected chi connectivity index (χ1v) is 7.72. The Hall–Kier alpha value is -1.33. The molecule has 6 heteroatoms. The molecule has 20 heavy (non-hydrogen) atoms. The van der Waals surface area contributed by atoms with Gasteiger partial charge in [-0.1, -0.05) is 11.6 Å². The highest BCUT2D eigenvalue weighted by atomic mass is 35.5. The topological polar surface area (TPSA) is 28.2 Å². The molecular formula is C14H17ClFN3S. The molecule has 0 saturated carbocycles. The van der Waals surface area contributed by atoms with Gasteiger partial charge in [0, 0.05) is 29.9 Å². The molecule has 3 nitrogen and oxygen atoms in total. The van der Waals surface area contributed by atoms with Gasteiger partial charge in [0.05, 0.1) is 11.6 Å². The van der Waals surface area contributed by atoms with Crippen LogP contribution in [0.1, 0.15) is 18.7 Å². The highest BCUT2D eigenvalue weighted by Crippen LogP contribution is 2.24. The van der Waals surface area contributed by atoms with Crippen LogP contribution in [0.4, 0.5) is 15.2 Å². The third-order valence-corrected chi connectivity index (χ3v) is 4.33. The standard InChI is InChI=1S/C14H17ClFN3S/c1-3-19(4-2)14-18-9-11(20-14)8-17-10-5-6-12(15)13(16)7-10/h5-7,9,17H,3-4,8H2,1-2H3. The molecule has 2 rings (SSSR count). The number of aromatic nitrogens is 1. The van der Waals surface area contributed by atoms with E-state index < -0.39 is 5.82 Å². The van der Waals surface area contributed by atoms with Crippen LogP contribution in [0.25, 0.3) is 0 Å². The Bertz CT molecular complexity index is 569. The van der Waals surface area contributed by atoms with Crippen molar-refractivity contribution in [1.29, 1.82) is 0 Å². The minimum absolute atomic E-state index is 0.136. The number of halogens is 2. The van der Waals surface area contributed by atoms with E-state index in [0.717, 1.165) is 23.1 Å². The van der Waals surface area contributed by atoms with Gasteiger partial charge in [0.15, 0.2) is 5.13 Å². The largest absolute Gasteiger partial charge is 0.380 e. The third kappa shape index (κ3) is 3.61. The molecule has 0 aliphatic rings. The first kappa shape index (κ1) is 15.1. The van der Waals surface area contributed by atoms with Crippen LogP contribution < -0.4 is 10.2 Å². The van der Waals surface area contributed by atoms with Crippen molar-refractivity contribution in [2.24, 2.45) is 0 Å². The van der Waals surface area contributed by atoms with Gasteiger partial charge in [-0.05, 0) is 32.0 Å². The van der Waals surface area contributed by atoms with Crippen LogP contribution in [-0.2, 0) is 6.54 Å². The van der Waals surface area contributed by atoms with Gasteiger partial charge in [0.25, 0.3) is 0 Å². The van der Waals surface area contributed by atoms with Gasteiger partial charge in [-0.3, -0.25) is 0 Å². The van der Waals surface area contributed by atoms with E-state index in [-0.39, 0.29) is 5.02 Å². The Kier molecular flexibility index (Phi) is 5.20. The van der Waals surface area contributed by atoms with Crippen molar-refractivity contribution in [3.05, 3.63) is 40.1 Å². The predicted octanol–water partition coefficient (Wildman–Crippen LogP) is 4.39. The maximum atomic E-state index is 13.3. The van der Waals surface area contributed by atoms with Crippen LogP contribution >= 0.6 is 22.9 Å². The molecule has 1 aromatic heterocycles. The second kappa shape index (κ2) is 6.90. The monoisotopic (exact) mass is 313 g/mol. The van der Waals surface area contributed by atoms with Crippen LogP contribution in [-0.4, -0.2) is 18.1 Å². The fourth-order valence-electron chi connectivity index (χ4n) is 1.81. The number of hydrogen-bond acceptors (Lipinski definition) is 4. The quantitative estimate of drug-likeness (QED) is 0.857. The number of nitrogens with one attached hydrogen (secondary N) is 1. The predicted molar refractivity (Wildman–Crippen MR) is 84.4 cm³/mol.